The van der Waals surface area contributed by atoms with Gasteiger partial charge >= 0.3 is 0 Å². The summed E-state index contributed by atoms with van der Waals surface area (Å²) in [6.07, 6.45) is 0.529. The van der Waals surface area contributed by atoms with Crippen molar-refractivity contribution >= 4 is 29.0 Å². The largest absolute Gasteiger partial charge is 0.298 e. The van der Waals surface area contributed by atoms with E-state index in [0.29, 0.717) is 11.4 Å². The Morgan fingerprint density at radius 1 is 1.36 bits per heavy atom. The van der Waals surface area contributed by atoms with E-state index in [1.807, 2.05) is 12.1 Å². The molecule has 1 aromatic carbocycles. The lowest BCUT2D eigenvalue weighted by molar-refractivity contribution is -0.119. The van der Waals surface area contributed by atoms with Crippen LogP contribution >= 0.6 is 23.2 Å². The standard InChI is InChI=1S/C11H12Cl2O/c1-8(14)11(2,13)7-9-3-5-10(12)6-4-9/h3-6H,7H2,1-2H3/t11-/m0/s1. The summed E-state index contributed by atoms with van der Waals surface area (Å²) in [5.74, 6) is -0.0193. The molecular formula is C11H12Cl2O. The van der Waals surface area contributed by atoms with Crippen LogP contribution in [-0.4, -0.2) is 10.7 Å². The van der Waals surface area contributed by atoms with E-state index >= 15 is 0 Å². The third-order valence-electron chi connectivity index (χ3n) is 2.18. The third-order valence-corrected chi connectivity index (χ3v) is 2.84. The van der Waals surface area contributed by atoms with Gasteiger partial charge in [-0.1, -0.05) is 23.7 Å². The minimum absolute atomic E-state index is 0.0193. The van der Waals surface area contributed by atoms with Gasteiger partial charge in [-0.05, 0) is 38.0 Å². The summed E-state index contributed by atoms with van der Waals surface area (Å²) in [6.45, 7) is 3.23. The van der Waals surface area contributed by atoms with Gasteiger partial charge in [0.25, 0.3) is 0 Å². The van der Waals surface area contributed by atoms with Gasteiger partial charge in [0.05, 0.1) is 0 Å². The molecule has 0 saturated heterocycles. The molecule has 0 heterocycles. The molecular weight excluding hydrogens is 219 g/mol. The number of alkyl halides is 1. The smallest absolute Gasteiger partial charge is 0.150 e. The Labute approximate surface area is 94.0 Å². The van der Waals surface area contributed by atoms with E-state index in [9.17, 15) is 4.79 Å². The number of rotatable bonds is 3. The molecule has 0 fully saturated rings. The zero-order valence-corrected chi connectivity index (χ0v) is 9.69. The van der Waals surface area contributed by atoms with Crippen LogP contribution in [0.4, 0.5) is 0 Å². The number of hydrogen-bond acceptors (Lipinski definition) is 1. The van der Waals surface area contributed by atoms with E-state index in [0.717, 1.165) is 5.56 Å². The van der Waals surface area contributed by atoms with E-state index < -0.39 is 4.87 Å². The number of ketones is 1. The van der Waals surface area contributed by atoms with E-state index in [-0.39, 0.29) is 5.78 Å². The number of carbonyl (C=O) groups excluding carboxylic acids is 1. The molecule has 0 aliphatic carbocycles. The fraction of sp³-hybridized carbons (Fsp3) is 0.364. The molecule has 1 rings (SSSR count). The lowest BCUT2D eigenvalue weighted by Gasteiger charge is -2.18. The molecule has 0 aromatic heterocycles. The number of benzene rings is 1. The van der Waals surface area contributed by atoms with E-state index in [1.165, 1.54) is 6.92 Å². The molecule has 1 atom stereocenters. The van der Waals surface area contributed by atoms with Crippen molar-refractivity contribution in [3.63, 3.8) is 0 Å². The minimum Gasteiger partial charge on any atom is -0.298 e. The highest BCUT2D eigenvalue weighted by atomic mass is 35.5. The first kappa shape index (κ1) is 11.5. The van der Waals surface area contributed by atoms with Crippen molar-refractivity contribution < 1.29 is 4.79 Å². The Balaban J connectivity index is 2.79. The predicted molar refractivity (Wildman–Crippen MR) is 60.1 cm³/mol. The average molecular weight is 231 g/mol. The van der Waals surface area contributed by atoms with Crippen LogP contribution in [-0.2, 0) is 11.2 Å². The fourth-order valence-electron chi connectivity index (χ4n) is 1.11. The Hall–Kier alpha value is -0.530. The second-order valence-electron chi connectivity index (χ2n) is 3.56. The normalized spacial score (nSPS) is 14.9. The molecule has 0 radical (unpaired) electrons. The van der Waals surface area contributed by atoms with Crippen LogP contribution in [0.15, 0.2) is 24.3 Å². The van der Waals surface area contributed by atoms with Crippen molar-refractivity contribution in [2.24, 2.45) is 0 Å². The van der Waals surface area contributed by atoms with Gasteiger partial charge in [-0.3, -0.25) is 4.79 Å². The van der Waals surface area contributed by atoms with Crippen molar-refractivity contribution in [3.8, 4) is 0 Å². The summed E-state index contributed by atoms with van der Waals surface area (Å²) in [7, 11) is 0. The molecule has 0 amide bonds. The lowest BCUT2D eigenvalue weighted by Crippen LogP contribution is -2.28. The minimum atomic E-state index is -0.812. The van der Waals surface area contributed by atoms with Crippen molar-refractivity contribution in [1.82, 2.24) is 0 Å². The van der Waals surface area contributed by atoms with Gasteiger partial charge in [0, 0.05) is 5.02 Å². The Morgan fingerprint density at radius 2 is 1.86 bits per heavy atom. The molecule has 3 heteroatoms. The van der Waals surface area contributed by atoms with Crippen LogP contribution < -0.4 is 0 Å². The van der Waals surface area contributed by atoms with Crippen LogP contribution in [0.5, 0.6) is 0 Å². The topological polar surface area (TPSA) is 17.1 Å². The summed E-state index contributed by atoms with van der Waals surface area (Å²) < 4.78 is 0. The van der Waals surface area contributed by atoms with Gasteiger partial charge in [0.2, 0.25) is 0 Å². The zero-order chi connectivity index (χ0) is 10.8. The Kier molecular flexibility index (Phi) is 3.57. The molecule has 1 nitrogen and oxygen atoms in total. The molecule has 0 saturated carbocycles. The van der Waals surface area contributed by atoms with Crippen LogP contribution in [0.2, 0.25) is 5.02 Å². The molecule has 14 heavy (non-hydrogen) atoms. The monoisotopic (exact) mass is 230 g/mol. The maximum Gasteiger partial charge on any atom is 0.150 e. The van der Waals surface area contributed by atoms with Crippen LogP contribution in [0.25, 0.3) is 0 Å². The summed E-state index contributed by atoms with van der Waals surface area (Å²) in [5.41, 5.74) is 1.02. The van der Waals surface area contributed by atoms with Crippen LogP contribution in [0.1, 0.15) is 19.4 Å². The lowest BCUT2D eigenvalue weighted by atomic mass is 9.97. The molecule has 0 aliphatic rings. The first-order valence-electron chi connectivity index (χ1n) is 4.36. The van der Waals surface area contributed by atoms with Crippen LogP contribution in [0, 0.1) is 0 Å². The highest BCUT2D eigenvalue weighted by Crippen LogP contribution is 2.22. The number of hydrogen-bond donors (Lipinski definition) is 0. The van der Waals surface area contributed by atoms with Gasteiger partial charge < -0.3 is 0 Å². The maximum atomic E-state index is 11.2. The molecule has 0 bridgehead atoms. The predicted octanol–water partition coefficient (Wildman–Crippen LogP) is 3.47. The second-order valence-corrected chi connectivity index (χ2v) is 4.83. The molecule has 76 valence electrons. The molecule has 0 aliphatic heterocycles. The first-order valence-corrected chi connectivity index (χ1v) is 5.12. The zero-order valence-electron chi connectivity index (χ0n) is 8.18. The number of halogens is 2. The second kappa shape index (κ2) is 4.33. The Morgan fingerprint density at radius 3 is 2.29 bits per heavy atom. The fourth-order valence-corrected chi connectivity index (χ4v) is 1.39. The Bertz CT molecular complexity index is 328. The van der Waals surface area contributed by atoms with Gasteiger partial charge in [-0.15, -0.1) is 11.6 Å². The SMILES string of the molecule is CC(=O)[C@@](C)(Cl)Cc1ccc(Cl)cc1. The van der Waals surface area contributed by atoms with E-state index in [4.69, 9.17) is 23.2 Å². The quantitative estimate of drug-likeness (QED) is 0.728. The summed E-state index contributed by atoms with van der Waals surface area (Å²) in [4.78, 5) is 10.4. The van der Waals surface area contributed by atoms with E-state index in [1.54, 1.807) is 19.1 Å². The van der Waals surface area contributed by atoms with Gasteiger partial charge in [-0.25, -0.2) is 0 Å². The summed E-state index contributed by atoms with van der Waals surface area (Å²) >= 11 is 11.8. The number of carbonyl (C=O) groups is 1. The average Bonchev–Trinajstić information content (AvgIpc) is 2.08. The molecule has 0 unspecified atom stereocenters. The van der Waals surface area contributed by atoms with Gasteiger partial charge in [0.1, 0.15) is 4.87 Å². The highest BCUT2D eigenvalue weighted by Gasteiger charge is 2.26. The third kappa shape index (κ3) is 3.00. The maximum absolute atomic E-state index is 11.2. The highest BCUT2D eigenvalue weighted by molar-refractivity contribution is 6.34. The first-order chi connectivity index (χ1) is 6.42. The van der Waals surface area contributed by atoms with Crippen LogP contribution in [0.3, 0.4) is 0 Å². The van der Waals surface area contributed by atoms with Crippen molar-refractivity contribution in [2.75, 3.05) is 0 Å². The summed E-state index contributed by atoms with van der Waals surface area (Å²) in [6, 6.07) is 7.35. The van der Waals surface area contributed by atoms with Crippen molar-refractivity contribution in [1.29, 1.82) is 0 Å². The molecule has 0 spiro atoms. The molecule has 0 N–H and O–H groups in total. The number of Topliss-reactive ketones (excluding diaryl/α,β-unsaturated/α-hetero) is 1. The van der Waals surface area contributed by atoms with Gasteiger partial charge in [-0.2, -0.15) is 0 Å². The van der Waals surface area contributed by atoms with E-state index in [2.05, 4.69) is 0 Å². The van der Waals surface area contributed by atoms with Crippen molar-refractivity contribution in [2.45, 2.75) is 25.1 Å². The summed E-state index contributed by atoms with van der Waals surface area (Å²) in [5, 5.41) is 0.688. The van der Waals surface area contributed by atoms with Gasteiger partial charge in [0.15, 0.2) is 5.78 Å². The molecule has 1 aromatic rings. The van der Waals surface area contributed by atoms with Crippen molar-refractivity contribution in [3.05, 3.63) is 34.9 Å².